The summed E-state index contributed by atoms with van der Waals surface area (Å²) in [7, 11) is 0. The van der Waals surface area contributed by atoms with Gasteiger partial charge in [-0.3, -0.25) is 11.3 Å². The van der Waals surface area contributed by atoms with Crippen LogP contribution in [0, 0.1) is 0 Å². The first-order valence-electron chi connectivity index (χ1n) is 6.43. The Morgan fingerprint density at radius 2 is 1.70 bits per heavy atom. The number of carboxylic acids is 2. The molecule has 0 fully saturated rings. The van der Waals surface area contributed by atoms with E-state index in [2.05, 4.69) is 42.7 Å². The molecular formula is C14H22N2O4. The number of hydrogen-bond donors (Lipinski definition) is 4. The van der Waals surface area contributed by atoms with Crippen LogP contribution in [0.1, 0.15) is 31.7 Å². The first kappa shape index (κ1) is 18.1. The minimum atomic E-state index is -1.82. The molecule has 0 aliphatic heterocycles. The molecular weight excluding hydrogens is 260 g/mol. The van der Waals surface area contributed by atoms with Crippen LogP contribution in [0.5, 0.6) is 0 Å². The van der Waals surface area contributed by atoms with Crippen LogP contribution in [0.4, 0.5) is 0 Å². The summed E-state index contributed by atoms with van der Waals surface area (Å²) < 4.78 is 0. The third-order valence-corrected chi connectivity index (χ3v) is 2.66. The average molecular weight is 282 g/mol. The molecule has 1 aromatic carbocycles. The van der Waals surface area contributed by atoms with E-state index in [4.69, 9.17) is 25.6 Å². The van der Waals surface area contributed by atoms with Crippen LogP contribution in [-0.4, -0.2) is 28.2 Å². The summed E-state index contributed by atoms with van der Waals surface area (Å²) in [4.78, 5) is 18.2. The minimum absolute atomic E-state index is 0.436. The number of aryl methyl sites for hydroxylation is 1. The zero-order chi connectivity index (χ0) is 15.4. The van der Waals surface area contributed by atoms with E-state index in [9.17, 15) is 0 Å². The molecule has 1 aromatic rings. The molecule has 6 heteroatoms. The maximum atomic E-state index is 9.10. The molecule has 1 unspecified atom stereocenters. The van der Waals surface area contributed by atoms with Gasteiger partial charge in [-0.2, -0.15) is 0 Å². The third-order valence-electron chi connectivity index (χ3n) is 2.66. The Morgan fingerprint density at radius 3 is 2.15 bits per heavy atom. The molecule has 0 spiro atoms. The summed E-state index contributed by atoms with van der Waals surface area (Å²) >= 11 is 0. The van der Waals surface area contributed by atoms with Crippen molar-refractivity contribution >= 4 is 11.9 Å². The number of hydrazine groups is 1. The average Bonchev–Trinajstić information content (AvgIpc) is 2.45. The van der Waals surface area contributed by atoms with Gasteiger partial charge >= 0.3 is 11.9 Å². The number of nitrogens with two attached hydrogens (primary N) is 1. The third kappa shape index (κ3) is 10.0. The van der Waals surface area contributed by atoms with Crippen molar-refractivity contribution in [3.05, 3.63) is 35.9 Å². The van der Waals surface area contributed by atoms with Gasteiger partial charge in [0.2, 0.25) is 0 Å². The summed E-state index contributed by atoms with van der Waals surface area (Å²) in [5.74, 6) is 1.67. The lowest BCUT2D eigenvalue weighted by atomic mass is 10.1. The minimum Gasteiger partial charge on any atom is -0.473 e. The van der Waals surface area contributed by atoms with Crippen molar-refractivity contribution < 1.29 is 19.8 Å². The van der Waals surface area contributed by atoms with Crippen LogP contribution < -0.4 is 11.3 Å². The second-order valence-electron chi connectivity index (χ2n) is 4.41. The van der Waals surface area contributed by atoms with Gasteiger partial charge in [-0.1, -0.05) is 36.8 Å². The maximum Gasteiger partial charge on any atom is 0.414 e. The van der Waals surface area contributed by atoms with Gasteiger partial charge in [-0.25, -0.2) is 9.59 Å². The molecule has 0 saturated carbocycles. The van der Waals surface area contributed by atoms with Crippen LogP contribution in [-0.2, 0) is 16.0 Å². The molecule has 20 heavy (non-hydrogen) atoms. The number of unbranched alkanes of at least 4 members (excludes halogenated alkanes) is 1. The normalized spacial score (nSPS) is 11.1. The van der Waals surface area contributed by atoms with E-state index in [1.807, 2.05) is 0 Å². The van der Waals surface area contributed by atoms with Gasteiger partial charge in [-0.15, -0.1) is 0 Å². The van der Waals surface area contributed by atoms with Crippen LogP contribution in [0.25, 0.3) is 0 Å². The molecule has 6 nitrogen and oxygen atoms in total. The number of hydrogen-bond acceptors (Lipinski definition) is 4. The zero-order valence-electron chi connectivity index (χ0n) is 11.6. The van der Waals surface area contributed by atoms with E-state index in [1.54, 1.807) is 0 Å². The van der Waals surface area contributed by atoms with Crippen LogP contribution in [0.15, 0.2) is 30.3 Å². The topological polar surface area (TPSA) is 113 Å². The maximum absolute atomic E-state index is 9.10. The number of nitrogens with one attached hydrogen (secondary N) is 1. The highest BCUT2D eigenvalue weighted by atomic mass is 16.4. The molecule has 0 saturated heterocycles. The standard InChI is InChI=1S/C12H20N2.C2H2O4/c1-11(14-13)7-5-6-10-12-8-3-2-4-9-12;3-1(4)2(5)6/h2-4,8-9,11,14H,5-7,10,13H2,1H3;(H,3,4)(H,5,6). The van der Waals surface area contributed by atoms with Gasteiger partial charge < -0.3 is 10.2 Å². The Morgan fingerprint density at radius 1 is 1.15 bits per heavy atom. The van der Waals surface area contributed by atoms with E-state index >= 15 is 0 Å². The monoisotopic (exact) mass is 282 g/mol. The first-order chi connectivity index (χ1) is 9.47. The van der Waals surface area contributed by atoms with Crippen molar-refractivity contribution in [2.75, 3.05) is 0 Å². The van der Waals surface area contributed by atoms with Gasteiger partial charge in [0.05, 0.1) is 0 Å². The summed E-state index contributed by atoms with van der Waals surface area (Å²) in [6.07, 6.45) is 4.82. The predicted octanol–water partition coefficient (Wildman–Crippen LogP) is 1.41. The van der Waals surface area contributed by atoms with Crippen molar-refractivity contribution in [2.24, 2.45) is 5.84 Å². The Balaban J connectivity index is 0.000000511. The number of aliphatic carboxylic acids is 2. The van der Waals surface area contributed by atoms with Gasteiger partial charge in [0.15, 0.2) is 0 Å². The zero-order valence-corrected chi connectivity index (χ0v) is 11.6. The summed E-state index contributed by atoms with van der Waals surface area (Å²) in [5.41, 5.74) is 4.19. The van der Waals surface area contributed by atoms with Crippen molar-refractivity contribution in [3.8, 4) is 0 Å². The molecule has 0 aliphatic rings. The quantitative estimate of drug-likeness (QED) is 0.271. The lowest BCUT2D eigenvalue weighted by Crippen LogP contribution is -2.32. The molecule has 0 amide bonds. The summed E-state index contributed by atoms with van der Waals surface area (Å²) in [5, 5.41) is 14.8. The number of rotatable bonds is 6. The summed E-state index contributed by atoms with van der Waals surface area (Å²) in [6.45, 7) is 2.11. The van der Waals surface area contributed by atoms with Crippen molar-refractivity contribution in [3.63, 3.8) is 0 Å². The molecule has 0 aromatic heterocycles. The van der Waals surface area contributed by atoms with E-state index in [-0.39, 0.29) is 0 Å². The van der Waals surface area contributed by atoms with Crippen molar-refractivity contribution in [1.82, 2.24) is 5.43 Å². The molecule has 1 rings (SSSR count). The Bertz CT molecular complexity index is 383. The fourth-order valence-corrected chi connectivity index (χ4v) is 1.51. The van der Waals surface area contributed by atoms with Crippen LogP contribution in [0.3, 0.4) is 0 Å². The van der Waals surface area contributed by atoms with Gasteiger partial charge in [0, 0.05) is 6.04 Å². The SMILES string of the molecule is CC(CCCCc1ccccc1)NN.O=C(O)C(=O)O. The molecule has 0 radical (unpaired) electrons. The van der Waals surface area contributed by atoms with E-state index in [0.29, 0.717) is 6.04 Å². The van der Waals surface area contributed by atoms with E-state index in [0.717, 1.165) is 6.42 Å². The van der Waals surface area contributed by atoms with Crippen molar-refractivity contribution in [1.29, 1.82) is 0 Å². The second-order valence-corrected chi connectivity index (χ2v) is 4.41. The second kappa shape index (κ2) is 11.0. The summed E-state index contributed by atoms with van der Waals surface area (Å²) in [6, 6.07) is 11.1. The Labute approximate surface area is 118 Å². The van der Waals surface area contributed by atoms with Crippen LogP contribution >= 0.6 is 0 Å². The fraction of sp³-hybridized carbons (Fsp3) is 0.429. The number of benzene rings is 1. The van der Waals surface area contributed by atoms with Crippen molar-refractivity contribution in [2.45, 2.75) is 38.6 Å². The smallest absolute Gasteiger partial charge is 0.414 e. The largest absolute Gasteiger partial charge is 0.473 e. The van der Waals surface area contributed by atoms with E-state index in [1.165, 1.54) is 24.8 Å². The number of carboxylic acid groups (broad SMARTS) is 2. The van der Waals surface area contributed by atoms with Gasteiger partial charge in [-0.05, 0) is 31.7 Å². The Kier molecular flexibility index (Phi) is 9.90. The van der Waals surface area contributed by atoms with E-state index < -0.39 is 11.9 Å². The molecule has 0 aliphatic carbocycles. The molecule has 1 atom stereocenters. The lowest BCUT2D eigenvalue weighted by Gasteiger charge is -2.08. The molecule has 0 heterocycles. The van der Waals surface area contributed by atoms with Gasteiger partial charge in [0.1, 0.15) is 0 Å². The molecule has 0 bridgehead atoms. The number of carbonyl (C=O) groups is 2. The Hall–Kier alpha value is -1.92. The highest BCUT2D eigenvalue weighted by molar-refractivity contribution is 6.27. The molecule has 112 valence electrons. The lowest BCUT2D eigenvalue weighted by molar-refractivity contribution is -0.159. The predicted molar refractivity (Wildman–Crippen MR) is 76.1 cm³/mol. The first-order valence-corrected chi connectivity index (χ1v) is 6.43. The molecule has 5 N–H and O–H groups in total. The fourth-order valence-electron chi connectivity index (χ4n) is 1.51. The van der Waals surface area contributed by atoms with Crippen LogP contribution in [0.2, 0.25) is 0 Å². The highest BCUT2D eigenvalue weighted by Crippen LogP contribution is 2.07. The van der Waals surface area contributed by atoms with Gasteiger partial charge in [0.25, 0.3) is 0 Å². The highest BCUT2D eigenvalue weighted by Gasteiger charge is 2.04.